The third-order valence-corrected chi connectivity index (χ3v) is 2.48. The van der Waals surface area contributed by atoms with Gasteiger partial charge in [0.1, 0.15) is 5.82 Å². The van der Waals surface area contributed by atoms with Gasteiger partial charge < -0.3 is 5.32 Å². The number of nitrogens with one attached hydrogen (secondary N) is 1. The number of nitro groups is 1. The zero-order chi connectivity index (χ0) is 13.8. The topological polar surface area (TPSA) is 93.8 Å². The van der Waals surface area contributed by atoms with Crippen LogP contribution in [0.3, 0.4) is 0 Å². The van der Waals surface area contributed by atoms with E-state index >= 15 is 0 Å². The molecule has 0 spiro atoms. The molecule has 0 fully saturated rings. The van der Waals surface area contributed by atoms with Crippen molar-refractivity contribution in [1.82, 2.24) is 15.0 Å². The lowest BCUT2D eigenvalue weighted by Crippen LogP contribution is -2.07. The highest BCUT2D eigenvalue weighted by molar-refractivity contribution is 5.56. The Bertz CT molecular complexity index is 615. The van der Waals surface area contributed by atoms with E-state index in [0.29, 0.717) is 18.1 Å². The van der Waals surface area contributed by atoms with E-state index < -0.39 is 4.92 Å². The SMILES string of the molecule is Cc1ccc([N+](=O)[O-])c(NCc2ccnc(C)n2)n1. The Morgan fingerprint density at radius 3 is 2.74 bits per heavy atom. The summed E-state index contributed by atoms with van der Waals surface area (Å²) in [5.74, 6) is 0.910. The van der Waals surface area contributed by atoms with Gasteiger partial charge in [-0.2, -0.15) is 0 Å². The van der Waals surface area contributed by atoms with Crippen LogP contribution in [0.5, 0.6) is 0 Å². The fourth-order valence-corrected chi connectivity index (χ4v) is 1.60. The highest BCUT2D eigenvalue weighted by atomic mass is 16.6. The predicted molar refractivity (Wildman–Crippen MR) is 69.7 cm³/mol. The Hall–Kier alpha value is -2.57. The Morgan fingerprint density at radius 2 is 2.05 bits per heavy atom. The second-order valence-electron chi connectivity index (χ2n) is 4.03. The minimum absolute atomic E-state index is 0.0450. The van der Waals surface area contributed by atoms with E-state index in [1.165, 1.54) is 6.07 Å². The van der Waals surface area contributed by atoms with Gasteiger partial charge in [0, 0.05) is 18.0 Å². The molecule has 2 aromatic rings. The van der Waals surface area contributed by atoms with Crippen LogP contribution in [0.15, 0.2) is 24.4 Å². The number of anilines is 1. The van der Waals surface area contributed by atoms with E-state index in [9.17, 15) is 10.1 Å². The van der Waals surface area contributed by atoms with Crippen LogP contribution < -0.4 is 5.32 Å². The summed E-state index contributed by atoms with van der Waals surface area (Å²) in [6.45, 7) is 3.93. The molecule has 0 amide bonds. The number of aromatic nitrogens is 3. The summed E-state index contributed by atoms with van der Waals surface area (Å²) in [4.78, 5) is 22.8. The van der Waals surface area contributed by atoms with Crippen molar-refractivity contribution < 1.29 is 4.92 Å². The fraction of sp³-hybridized carbons (Fsp3) is 0.250. The standard InChI is InChI=1S/C12H13N5O2/c1-8-3-4-11(17(18)19)12(15-8)14-7-10-5-6-13-9(2)16-10/h3-6H,7H2,1-2H3,(H,14,15). The quantitative estimate of drug-likeness (QED) is 0.666. The van der Waals surface area contributed by atoms with Crippen LogP contribution in [-0.4, -0.2) is 19.9 Å². The molecule has 0 aliphatic rings. The molecule has 0 aromatic carbocycles. The van der Waals surface area contributed by atoms with E-state index in [1.807, 2.05) is 0 Å². The van der Waals surface area contributed by atoms with Crippen LogP contribution >= 0.6 is 0 Å². The van der Waals surface area contributed by atoms with Crippen LogP contribution in [-0.2, 0) is 6.54 Å². The highest BCUT2D eigenvalue weighted by Crippen LogP contribution is 2.22. The summed E-state index contributed by atoms with van der Waals surface area (Å²) in [5.41, 5.74) is 1.42. The maximum atomic E-state index is 10.9. The minimum Gasteiger partial charge on any atom is -0.359 e. The van der Waals surface area contributed by atoms with E-state index in [-0.39, 0.29) is 11.5 Å². The lowest BCUT2D eigenvalue weighted by molar-refractivity contribution is -0.384. The lowest BCUT2D eigenvalue weighted by atomic mass is 10.3. The average Bonchev–Trinajstić information content (AvgIpc) is 2.36. The van der Waals surface area contributed by atoms with Crippen molar-refractivity contribution in [3.8, 4) is 0 Å². The van der Waals surface area contributed by atoms with Crippen LogP contribution in [0.25, 0.3) is 0 Å². The van der Waals surface area contributed by atoms with Gasteiger partial charge in [0.05, 0.1) is 17.2 Å². The third kappa shape index (κ3) is 3.21. The minimum atomic E-state index is -0.458. The molecular formula is C12H13N5O2. The molecule has 0 bridgehead atoms. The first kappa shape index (κ1) is 12.9. The van der Waals surface area contributed by atoms with Crippen LogP contribution in [0.2, 0.25) is 0 Å². The van der Waals surface area contributed by atoms with Crippen molar-refractivity contribution in [1.29, 1.82) is 0 Å². The molecule has 7 heteroatoms. The van der Waals surface area contributed by atoms with Gasteiger partial charge in [-0.15, -0.1) is 0 Å². The maximum Gasteiger partial charge on any atom is 0.311 e. The van der Waals surface area contributed by atoms with Crippen LogP contribution in [0.1, 0.15) is 17.2 Å². The zero-order valence-electron chi connectivity index (χ0n) is 10.6. The summed E-state index contributed by atoms with van der Waals surface area (Å²) in [7, 11) is 0. The molecule has 0 saturated carbocycles. The van der Waals surface area contributed by atoms with Crippen LogP contribution in [0.4, 0.5) is 11.5 Å². The first-order valence-electron chi connectivity index (χ1n) is 5.70. The average molecular weight is 259 g/mol. The monoisotopic (exact) mass is 259 g/mol. The predicted octanol–water partition coefficient (Wildman–Crippen LogP) is 2.01. The molecule has 19 heavy (non-hydrogen) atoms. The number of rotatable bonds is 4. The highest BCUT2D eigenvalue weighted by Gasteiger charge is 2.14. The number of aryl methyl sites for hydroxylation is 2. The lowest BCUT2D eigenvalue weighted by Gasteiger charge is -2.06. The molecule has 0 radical (unpaired) electrons. The van der Waals surface area contributed by atoms with E-state index in [1.54, 1.807) is 32.2 Å². The summed E-state index contributed by atoms with van der Waals surface area (Å²) < 4.78 is 0. The Balaban J connectivity index is 2.19. The molecule has 0 unspecified atom stereocenters. The summed E-state index contributed by atoms with van der Waals surface area (Å²) >= 11 is 0. The van der Waals surface area contributed by atoms with Crippen molar-refractivity contribution in [2.24, 2.45) is 0 Å². The molecule has 0 aliphatic heterocycles. The third-order valence-electron chi connectivity index (χ3n) is 2.48. The van der Waals surface area contributed by atoms with E-state index in [4.69, 9.17) is 0 Å². The van der Waals surface area contributed by atoms with Gasteiger partial charge in [-0.05, 0) is 26.0 Å². The van der Waals surface area contributed by atoms with Gasteiger partial charge in [0.2, 0.25) is 5.82 Å². The largest absolute Gasteiger partial charge is 0.359 e. The van der Waals surface area contributed by atoms with Gasteiger partial charge in [-0.3, -0.25) is 10.1 Å². The Labute approximate surface area is 109 Å². The number of hydrogen-bond donors (Lipinski definition) is 1. The summed E-state index contributed by atoms with van der Waals surface area (Å²) in [5, 5.41) is 13.8. The molecule has 0 saturated heterocycles. The second kappa shape index (κ2) is 5.38. The molecule has 7 nitrogen and oxygen atoms in total. The Morgan fingerprint density at radius 1 is 1.26 bits per heavy atom. The first-order valence-corrected chi connectivity index (χ1v) is 5.70. The van der Waals surface area contributed by atoms with E-state index in [0.717, 1.165) is 5.69 Å². The van der Waals surface area contributed by atoms with Crippen LogP contribution in [0, 0.1) is 24.0 Å². The molecular weight excluding hydrogens is 246 g/mol. The molecule has 2 aromatic heterocycles. The smallest absolute Gasteiger partial charge is 0.311 e. The van der Waals surface area contributed by atoms with Gasteiger partial charge in [-0.1, -0.05) is 0 Å². The maximum absolute atomic E-state index is 10.9. The van der Waals surface area contributed by atoms with Crippen molar-refractivity contribution in [2.45, 2.75) is 20.4 Å². The van der Waals surface area contributed by atoms with Crippen molar-refractivity contribution >= 4 is 11.5 Å². The van der Waals surface area contributed by atoms with E-state index in [2.05, 4.69) is 20.3 Å². The molecule has 2 rings (SSSR count). The van der Waals surface area contributed by atoms with Gasteiger partial charge in [-0.25, -0.2) is 15.0 Å². The summed E-state index contributed by atoms with van der Waals surface area (Å²) in [6.07, 6.45) is 1.65. The molecule has 0 atom stereocenters. The first-order chi connectivity index (χ1) is 9.06. The molecule has 2 heterocycles. The molecule has 1 N–H and O–H groups in total. The zero-order valence-corrected chi connectivity index (χ0v) is 10.6. The number of hydrogen-bond acceptors (Lipinski definition) is 6. The Kier molecular flexibility index (Phi) is 3.65. The van der Waals surface area contributed by atoms with Gasteiger partial charge in [0.15, 0.2) is 0 Å². The summed E-state index contributed by atoms with van der Waals surface area (Å²) in [6, 6.07) is 4.80. The fourth-order valence-electron chi connectivity index (χ4n) is 1.60. The number of nitrogens with zero attached hydrogens (tertiary/aromatic N) is 4. The van der Waals surface area contributed by atoms with Gasteiger partial charge >= 0.3 is 5.69 Å². The van der Waals surface area contributed by atoms with Crippen molar-refractivity contribution in [3.63, 3.8) is 0 Å². The number of pyridine rings is 1. The van der Waals surface area contributed by atoms with Gasteiger partial charge in [0.25, 0.3) is 0 Å². The van der Waals surface area contributed by atoms with Crippen molar-refractivity contribution in [3.05, 3.63) is 51.7 Å². The van der Waals surface area contributed by atoms with Crippen molar-refractivity contribution in [2.75, 3.05) is 5.32 Å². The molecule has 98 valence electrons. The normalized spacial score (nSPS) is 10.2. The second-order valence-corrected chi connectivity index (χ2v) is 4.03. The molecule has 0 aliphatic carbocycles.